The summed E-state index contributed by atoms with van der Waals surface area (Å²) in [4.78, 5) is 8.25. The smallest absolute Gasteiger partial charge is 0.147 e. The van der Waals surface area contributed by atoms with Crippen molar-refractivity contribution < 1.29 is 14.1 Å². The van der Waals surface area contributed by atoms with E-state index < -0.39 is 14.8 Å². The van der Waals surface area contributed by atoms with Crippen LogP contribution in [0.1, 0.15) is 6.92 Å². The summed E-state index contributed by atoms with van der Waals surface area (Å²) in [6, 6.07) is 0. The highest BCUT2D eigenvalue weighted by molar-refractivity contribution is 7.90. The van der Waals surface area contributed by atoms with Gasteiger partial charge in [-0.2, -0.15) is 0 Å². The molecule has 0 aromatic carbocycles. The molecule has 0 aliphatic rings. The molecule has 1 atom stereocenters. The van der Waals surface area contributed by atoms with Crippen LogP contribution in [0.25, 0.3) is 0 Å². The summed E-state index contributed by atoms with van der Waals surface area (Å²) in [7, 11) is -1.91. The van der Waals surface area contributed by atoms with Gasteiger partial charge in [0.1, 0.15) is 9.73 Å². The highest BCUT2D eigenvalue weighted by atomic mass is 32.2. The summed E-state index contributed by atoms with van der Waals surface area (Å²) >= 11 is 0. The van der Waals surface area contributed by atoms with E-state index in [2.05, 4.69) is 0 Å². The standard InChI is InChI=1S/C3H9NOS.NO3/c1-3-6(2,4)5;2-1(3)4/h4H,3H2,1-2H3;/q;-1/p+1. The van der Waals surface area contributed by atoms with Gasteiger partial charge in [-0.25, -0.2) is 8.99 Å². The van der Waals surface area contributed by atoms with Gasteiger partial charge in [-0.1, -0.05) is 0 Å². The van der Waals surface area contributed by atoms with Crippen molar-refractivity contribution in [1.29, 1.82) is 0 Å². The molecule has 0 aliphatic heterocycles. The zero-order chi connectivity index (χ0) is 8.78. The van der Waals surface area contributed by atoms with Crippen molar-refractivity contribution in [2.24, 2.45) is 0 Å². The number of hydrogen-bond donors (Lipinski definition) is 1. The van der Waals surface area contributed by atoms with Gasteiger partial charge in [-0.15, -0.1) is 0 Å². The van der Waals surface area contributed by atoms with Crippen LogP contribution in [-0.2, 0) is 9.73 Å². The van der Waals surface area contributed by atoms with Gasteiger partial charge in [-0.05, 0) is 6.92 Å². The molecule has 0 bridgehead atoms. The van der Waals surface area contributed by atoms with Gasteiger partial charge >= 0.3 is 0 Å². The van der Waals surface area contributed by atoms with Crippen molar-refractivity contribution in [3.63, 3.8) is 0 Å². The molecule has 0 aliphatic carbocycles. The molecule has 6 nitrogen and oxygen atoms in total. The van der Waals surface area contributed by atoms with Crippen LogP contribution in [0.2, 0.25) is 0 Å². The van der Waals surface area contributed by atoms with E-state index >= 15 is 0 Å². The Morgan fingerprint density at radius 2 is 1.70 bits per heavy atom. The summed E-state index contributed by atoms with van der Waals surface area (Å²) in [5, 5.41) is 14.8. The minimum absolute atomic E-state index is 0.576. The third kappa shape index (κ3) is 58.5. The molecular weight excluding hydrogens is 160 g/mol. The molecule has 62 valence electrons. The average molecular weight is 170 g/mol. The molecule has 2 N–H and O–H groups in total. The Balaban J connectivity index is 0. The summed E-state index contributed by atoms with van der Waals surface area (Å²) < 4.78 is 15.4. The van der Waals surface area contributed by atoms with E-state index in [-0.39, 0.29) is 0 Å². The Labute approximate surface area is 58.9 Å². The van der Waals surface area contributed by atoms with Gasteiger partial charge in [0.05, 0.1) is 17.1 Å². The van der Waals surface area contributed by atoms with Gasteiger partial charge in [0.25, 0.3) is 0 Å². The zero-order valence-electron chi connectivity index (χ0n) is 5.77. The molecule has 0 heterocycles. The minimum atomic E-state index is -1.91. The van der Waals surface area contributed by atoms with Crippen molar-refractivity contribution in [2.45, 2.75) is 6.92 Å². The normalized spacial score (nSPS) is 14.2. The van der Waals surface area contributed by atoms with E-state index in [9.17, 15) is 4.21 Å². The topological polar surface area (TPSA) is 109 Å². The Hall–Kier alpha value is -0.850. The van der Waals surface area contributed by atoms with Crippen molar-refractivity contribution in [3.05, 3.63) is 15.3 Å². The van der Waals surface area contributed by atoms with Crippen LogP contribution in [0, 0.1) is 15.3 Å². The first-order valence-corrected chi connectivity index (χ1v) is 4.55. The van der Waals surface area contributed by atoms with Crippen molar-refractivity contribution >= 4 is 9.73 Å². The Morgan fingerprint density at radius 1 is 1.60 bits per heavy atom. The van der Waals surface area contributed by atoms with Crippen LogP contribution < -0.4 is 4.78 Å². The molecule has 0 spiro atoms. The second-order valence-corrected chi connectivity index (χ2v) is 4.30. The summed E-state index contributed by atoms with van der Waals surface area (Å²) in [5.74, 6) is 0.576. The van der Waals surface area contributed by atoms with Crippen LogP contribution >= 0.6 is 0 Å². The van der Waals surface area contributed by atoms with Gasteiger partial charge in [-0.3, -0.25) is 0 Å². The molecule has 1 unspecified atom stereocenters. The number of nitrogens with zero attached hydrogens (tertiary/aromatic N) is 1. The van der Waals surface area contributed by atoms with Crippen LogP contribution in [0.4, 0.5) is 0 Å². The molecule has 0 aromatic heterocycles. The van der Waals surface area contributed by atoms with Crippen molar-refractivity contribution in [2.75, 3.05) is 12.0 Å². The fraction of sp³-hybridized carbons (Fsp3) is 1.00. The van der Waals surface area contributed by atoms with Crippen molar-refractivity contribution in [3.8, 4) is 0 Å². The van der Waals surface area contributed by atoms with E-state index in [0.717, 1.165) is 0 Å². The van der Waals surface area contributed by atoms with E-state index in [1.165, 1.54) is 0 Å². The lowest BCUT2D eigenvalue weighted by atomic mass is 11.0. The zero-order valence-corrected chi connectivity index (χ0v) is 6.59. The molecule has 0 saturated carbocycles. The van der Waals surface area contributed by atoms with Crippen LogP contribution in [0.5, 0.6) is 0 Å². The maximum atomic E-state index is 10.3. The maximum Gasteiger partial charge on any atom is 0.147 e. The van der Waals surface area contributed by atoms with Gasteiger partial charge < -0.3 is 15.3 Å². The minimum Gasteiger partial charge on any atom is -0.356 e. The largest absolute Gasteiger partial charge is 0.356 e. The van der Waals surface area contributed by atoms with E-state index in [0.29, 0.717) is 5.75 Å². The second-order valence-electron chi connectivity index (χ2n) is 1.58. The lowest BCUT2D eigenvalue weighted by Gasteiger charge is -1.80. The predicted octanol–water partition coefficient (Wildman–Crippen LogP) is -1.38. The Kier molecular flexibility index (Phi) is 5.92. The Bertz CT molecular complexity index is 181. The van der Waals surface area contributed by atoms with E-state index in [4.69, 9.17) is 20.1 Å². The molecule has 0 rings (SSSR count). The molecule has 0 saturated heterocycles. The monoisotopic (exact) mass is 170 g/mol. The maximum absolute atomic E-state index is 10.3. The molecule has 0 aromatic rings. The second kappa shape index (κ2) is 4.98. The summed E-state index contributed by atoms with van der Waals surface area (Å²) in [6.45, 7) is 1.81. The SMILES string of the molecule is CCS(C)(=[NH2+])=O.O=[N+]([O-])[O-]. The Morgan fingerprint density at radius 3 is 1.70 bits per heavy atom. The fourth-order valence-corrected chi connectivity index (χ4v) is 0. The van der Waals surface area contributed by atoms with Gasteiger partial charge in [0.2, 0.25) is 0 Å². The molecule has 0 amide bonds. The predicted molar refractivity (Wildman–Crippen MR) is 36.9 cm³/mol. The highest BCUT2D eigenvalue weighted by Crippen LogP contribution is 1.70. The number of hydrogen-bond acceptors (Lipinski definition) is 4. The third-order valence-corrected chi connectivity index (χ3v) is 1.72. The van der Waals surface area contributed by atoms with Crippen molar-refractivity contribution in [1.82, 2.24) is 0 Å². The molecule has 10 heavy (non-hydrogen) atoms. The first-order chi connectivity index (χ1) is 4.29. The lowest BCUT2D eigenvalue weighted by molar-refractivity contribution is -0.402. The summed E-state index contributed by atoms with van der Waals surface area (Å²) in [6.07, 6.45) is 1.55. The first kappa shape index (κ1) is 11.9. The molecule has 7 heteroatoms. The quantitative estimate of drug-likeness (QED) is 0.386. The summed E-state index contributed by atoms with van der Waals surface area (Å²) in [5.41, 5.74) is 0. The first-order valence-electron chi connectivity index (χ1n) is 2.35. The number of nitrogens with two attached hydrogens (primary N) is 1. The van der Waals surface area contributed by atoms with Crippen LogP contribution in [0.15, 0.2) is 0 Å². The third-order valence-electron chi connectivity index (χ3n) is 0.573. The molecular formula is C3H10N2O4S. The highest BCUT2D eigenvalue weighted by Gasteiger charge is 1.91. The average Bonchev–Trinajstić information content (AvgIpc) is 1.63. The van der Waals surface area contributed by atoms with E-state index in [1.54, 1.807) is 6.26 Å². The molecule has 0 fully saturated rings. The van der Waals surface area contributed by atoms with E-state index in [1.807, 2.05) is 6.92 Å². The van der Waals surface area contributed by atoms with Crippen LogP contribution in [0.3, 0.4) is 0 Å². The van der Waals surface area contributed by atoms with Gasteiger partial charge in [0, 0.05) is 0 Å². The van der Waals surface area contributed by atoms with Crippen LogP contribution in [-0.4, -0.2) is 21.3 Å². The molecule has 0 radical (unpaired) electrons. The van der Waals surface area contributed by atoms with Gasteiger partial charge in [0.15, 0.2) is 0 Å². The lowest BCUT2D eigenvalue weighted by Crippen LogP contribution is -2.39. The number of rotatable bonds is 1. The fourth-order valence-electron chi connectivity index (χ4n) is 0.